The van der Waals surface area contributed by atoms with Gasteiger partial charge in [0.25, 0.3) is 0 Å². The fourth-order valence-corrected chi connectivity index (χ4v) is 4.70. The molecule has 0 bridgehead atoms. The topological polar surface area (TPSA) is 37.6 Å². The summed E-state index contributed by atoms with van der Waals surface area (Å²) in [7, 11) is 0. The number of halogens is 1. The Hall–Kier alpha value is -3.77. The molecule has 0 fully saturated rings. The Morgan fingerprint density at radius 2 is 1.48 bits per heavy atom. The van der Waals surface area contributed by atoms with E-state index in [1.54, 1.807) is 12.1 Å². The van der Waals surface area contributed by atoms with E-state index >= 15 is 0 Å². The highest BCUT2D eigenvalue weighted by Crippen LogP contribution is 2.25. The van der Waals surface area contributed by atoms with E-state index in [9.17, 15) is 9.18 Å². The molecule has 0 saturated heterocycles. The molecule has 0 radical (unpaired) electrons. The van der Waals surface area contributed by atoms with E-state index in [1.807, 2.05) is 81.5 Å². The number of hydrogen-bond donors (Lipinski definition) is 0. The average molecular weight is 456 g/mol. The lowest BCUT2D eigenvalue weighted by Gasteiger charge is -2.23. The maximum Gasteiger partial charge on any atom is 0.229 e. The van der Waals surface area contributed by atoms with Crippen molar-refractivity contribution in [2.24, 2.45) is 0 Å². The summed E-state index contributed by atoms with van der Waals surface area (Å²) in [4.78, 5) is 20.8. The largest absolute Gasteiger partial charge is 0.334 e. The maximum absolute atomic E-state index is 13.4. The van der Waals surface area contributed by atoms with Gasteiger partial charge in [-0.05, 0) is 35.4 Å². The summed E-state index contributed by atoms with van der Waals surface area (Å²) in [5, 5.41) is 1.98. The number of imidazole rings is 1. The van der Waals surface area contributed by atoms with Gasteiger partial charge in [-0.3, -0.25) is 9.20 Å². The molecule has 6 heteroatoms. The van der Waals surface area contributed by atoms with Gasteiger partial charge in [0.2, 0.25) is 5.91 Å². The van der Waals surface area contributed by atoms with E-state index in [0.29, 0.717) is 13.1 Å². The Labute approximate surface area is 195 Å². The Kier molecular flexibility index (Phi) is 6.00. The van der Waals surface area contributed by atoms with Crippen LogP contribution in [-0.2, 0) is 24.3 Å². The number of aromatic nitrogens is 2. The van der Waals surface area contributed by atoms with Crippen LogP contribution in [-0.4, -0.2) is 20.2 Å². The Morgan fingerprint density at radius 3 is 2.09 bits per heavy atom. The fraction of sp³-hybridized carbons (Fsp3) is 0.111. The molecule has 2 aromatic heterocycles. The van der Waals surface area contributed by atoms with E-state index in [0.717, 1.165) is 33.0 Å². The average Bonchev–Trinajstić information content (AvgIpc) is 3.42. The van der Waals surface area contributed by atoms with Crippen LogP contribution in [0.3, 0.4) is 0 Å². The van der Waals surface area contributed by atoms with Crippen molar-refractivity contribution in [1.82, 2.24) is 14.3 Å². The molecule has 5 aromatic rings. The highest BCUT2D eigenvalue weighted by Gasteiger charge is 2.18. The molecule has 0 aliphatic carbocycles. The minimum Gasteiger partial charge on any atom is -0.334 e. The van der Waals surface area contributed by atoms with Crippen molar-refractivity contribution < 1.29 is 9.18 Å². The first-order chi connectivity index (χ1) is 16.2. The van der Waals surface area contributed by atoms with Crippen LogP contribution in [0.15, 0.2) is 96.5 Å². The normalized spacial score (nSPS) is 11.1. The molecule has 0 aliphatic rings. The van der Waals surface area contributed by atoms with Gasteiger partial charge in [0.05, 0.1) is 12.1 Å². The summed E-state index contributed by atoms with van der Waals surface area (Å²) in [5.41, 5.74) is 4.70. The predicted molar refractivity (Wildman–Crippen MR) is 129 cm³/mol. The molecule has 33 heavy (non-hydrogen) atoms. The minimum atomic E-state index is -0.275. The van der Waals surface area contributed by atoms with Crippen LogP contribution in [0.5, 0.6) is 0 Å². The van der Waals surface area contributed by atoms with E-state index in [2.05, 4.69) is 4.98 Å². The van der Waals surface area contributed by atoms with Gasteiger partial charge in [0.1, 0.15) is 5.82 Å². The molecule has 2 heterocycles. The first kappa shape index (κ1) is 21.1. The molecule has 0 aliphatic heterocycles. The lowest BCUT2D eigenvalue weighted by Crippen LogP contribution is -2.31. The van der Waals surface area contributed by atoms with Crippen LogP contribution < -0.4 is 0 Å². The highest BCUT2D eigenvalue weighted by molar-refractivity contribution is 7.15. The van der Waals surface area contributed by atoms with Crippen molar-refractivity contribution in [3.05, 3.63) is 119 Å². The second-order valence-electron chi connectivity index (χ2n) is 7.91. The van der Waals surface area contributed by atoms with Gasteiger partial charge in [-0.15, -0.1) is 11.3 Å². The lowest BCUT2D eigenvalue weighted by atomic mass is 10.1. The molecular formula is C27H22FN3OS. The molecule has 0 atom stereocenters. The number of amides is 1. The SMILES string of the molecule is O=C(Cc1csc2nc(-c3ccc(F)cc3)cn12)N(Cc1ccccc1)Cc1ccccc1. The van der Waals surface area contributed by atoms with Crippen molar-refractivity contribution in [3.63, 3.8) is 0 Å². The van der Waals surface area contributed by atoms with Crippen molar-refractivity contribution in [3.8, 4) is 11.3 Å². The second-order valence-corrected chi connectivity index (χ2v) is 8.75. The number of benzene rings is 3. The number of thiazole rings is 1. The van der Waals surface area contributed by atoms with Gasteiger partial charge in [0, 0.05) is 35.9 Å². The van der Waals surface area contributed by atoms with Crippen LogP contribution in [0.25, 0.3) is 16.2 Å². The summed E-state index contributed by atoms with van der Waals surface area (Å²) in [6.45, 7) is 1.10. The van der Waals surface area contributed by atoms with E-state index < -0.39 is 0 Å². The number of carbonyl (C=O) groups is 1. The molecule has 164 valence electrons. The number of carbonyl (C=O) groups excluding carboxylic acids is 1. The Balaban J connectivity index is 1.39. The van der Waals surface area contributed by atoms with Gasteiger partial charge in [-0.1, -0.05) is 60.7 Å². The molecule has 5 rings (SSSR count). The van der Waals surface area contributed by atoms with Crippen molar-refractivity contribution in [2.75, 3.05) is 0 Å². The minimum absolute atomic E-state index is 0.0550. The Morgan fingerprint density at radius 1 is 0.879 bits per heavy atom. The zero-order valence-electron chi connectivity index (χ0n) is 17.9. The summed E-state index contributed by atoms with van der Waals surface area (Å²) in [5.74, 6) is -0.220. The zero-order chi connectivity index (χ0) is 22.6. The lowest BCUT2D eigenvalue weighted by molar-refractivity contribution is -0.131. The smallest absolute Gasteiger partial charge is 0.229 e. The third kappa shape index (κ3) is 4.86. The van der Waals surface area contributed by atoms with Gasteiger partial charge >= 0.3 is 0 Å². The molecule has 0 unspecified atom stereocenters. The third-order valence-electron chi connectivity index (χ3n) is 5.54. The number of hydrogen-bond acceptors (Lipinski definition) is 3. The summed E-state index contributed by atoms with van der Waals surface area (Å²) in [6, 6.07) is 26.4. The van der Waals surface area contributed by atoms with Gasteiger partial charge in [-0.2, -0.15) is 0 Å². The third-order valence-corrected chi connectivity index (χ3v) is 6.43. The van der Waals surface area contributed by atoms with Crippen molar-refractivity contribution in [1.29, 1.82) is 0 Å². The summed E-state index contributed by atoms with van der Waals surface area (Å²) in [6.07, 6.45) is 2.19. The Bertz CT molecular complexity index is 1320. The molecule has 3 aromatic carbocycles. The maximum atomic E-state index is 13.4. The van der Waals surface area contributed by atoms with Gasteiger partial charge in [-0.25, -0.2) is 9.37 Å². The van der Waals surface area contributed by atoms with Crippen molar-refractivity contribution >= 4 is 22.2 Å². The quantitative estimate of drug-likeness (QED) is 0.303. The zero-order valence-corrected chi connectivity index (χ0v) is 18.7. The monoisotopic (exact) mass is 455 g/mol. The molecular weight excluding hydrogens is 433 g/mol. The van der Waals surface area contributed by atoms with Gasteiger partial charge in [0.15, 0.2) is 4.96 Å². The standard InChI is InChI=1S/C27H22FN3OS/c28-23-13-11-22(12-14-23)25-18-31-24(19-33-27(31)29-25)15-26(32)30(16-20-7-3-1-4-8-20)17-21-9-5-2-6-10-21/h1-14,18-19H,15-17H2. The number of fused-ring (bicyclic) bond motifs is 1. The highest BCUT2D eigenvalue weighted by atomic mass is 32.1. The van der Waals surface area contributed by atoms with Crippen LogP contribution in [0.4, 0.5) is 4.39 Å². The number of rotatable bonds is 7. The van der Waals surface area contributed by atoms with Crippen LogP contribution in [0.2, 0.25) is 0 Å². The molecule has 0 spiro atoms. The molecule has 0 N–H and O–H groups in total. The first-order valence-corrected chi connectivity index (χ1v) is 11.6. The van der Waals surface area contributed by atoms with Crippen molar-refractivity contribution in [2.45, 2.75) is 19.5 Å². The first-order valence-electron chi connectivity index (χ1n) is 10.7. The molecule has 4 nitrogen and oxygen atoms in total. The van der Waals surface area contributed by atoms with Crippen LogP contribution >= 0.6 is 11.3 Å². The second kappa shape index (κ2) is 9.38. The fourth-order valence-electron chi connectivity index (χ4n) is 3.82. The summed E-state index contributed by atoms with van der Waals surface area (Å²) < 4.78 is 15.2. The van der Waals surface area contributed by atoms with E-state index in [1.165, 1.54) is 23.5 Å². The van der Waals surface area contributed by atoms with Crippen LogP contribution in [0.1, 0.15) is 16.8 Å². The van der Waals surface area contributed by atoms with Crippen LogP contribution in [0, 0.1) is 5.82 Å². The van der Waals surface area contributed by atoms with Gasteiger partial charge < -0.3 is 4.90 Å². The molecule has 0 saturated carbocycles. The number of nitrogens with zero attached hydrogens (tertiary/aromatic N) is 3. The van der Waals surface area contributed by atoms with E-state index in [-0.39, 0.29) is 18.1 Å². The van der Waals surface area contributed by atoms with E-state index in [4.69, 9.17) is 0 Å². The predicted octanol–water partition coefficient (Wildman–Crippen LogP) is 5.97. The molecule has 1 amide bonds. The summed E-state index contributed by atoms with van der Waals surface area (Å²) >= 11 is 1.50.